The van der Waals surface area contributed by atoms with Crippen molar-refractivity contribution in [2.75, 3.05) is 12.3 Å². The summed E-state index contributed by atoms with van der Waals surface area (Å²) in [6.07, 6.45) is 5.35. The topological polar surface area (TPSA) is 49.3 Å². The van der Waals surface area contributed by atoms with Crippen molar-refractivity contribution in [2.24, 2.45) is 23.2 Å². The SMILES string of the molecule is Cl.O=C(O)C12CC3CC(C1)C1(NCCS1)C(C3)C2. The van der Waals surface area contributed by atoms with E-state index in [1.54, 1.807) is 0 Å². The summed E-state index contributed by atoms with van der Waals surface area (Å²) in [5.74, 6) is 2.60. The van der Waals surface area contributed by atoms with Crippen LogP contribution in [0.3, 0.4) is 0 Å². The molecule has 1 saturated heterocycles. The van der Waals surface area contributed by atoms with Gasteiger partial charge in [0.15, 0.2) is 0 Å². The van der Waals surface area contributed by atoms with Gasteiger partial charge in [0, 0.05) is 12.3 Å². The Kier molecular flexibility index (Phi) is 2.93. The van der Waals surface area contributed by atoms with Gasteiger partial charge in [-0.3, -0.25) is 4.79 Å². The minimum absolute atomic E-state index is 0. The monoisotopic (exact) mass is 289 g/mol. The summed E-state index contributed by atoms with van der Waals surface area (Å²) < 4.78 is 0. The Morgan fingerprint density at radius 1 is 1.22 bits per heavy atom. The number of carbonyl (C=O) groups is 1. The molecule has 3 nitrogen and oxygen atoms in total. The van der Waals surface area contributed by atoms with Gasteiger partial charge in [-0.1, -0.05) is 0 Å². The number of carboxylic acids is 1. The van der Waals surface area contributed by atoms with Crippen molar-refractivity contribution in [1.82, 2.24) is 5.32 Å². The molecule has 18 heavy (non-hydrogen) atoms. The highest BCUT2D eigenvalue weighted by Gasteiger charge is 2.65. The molecular formula is C13H20ClNO2S. The van der Waals surface area contributed by atoms with E-state index in [9.17, 15) is 9.90 Å². The van der Waals surface area contributed by atoms with Gasteiger partial charge in [-0.2, -0.15) is 0 Å². The summed E-state index contributed by atoms with van der Waals surface area (Å²) in [6, 6.07) is 0. The van der Waals surface area contributed by atoms with E-state index in [1.807, 2.05) is 0 Å². The summed E-state index contributed by atoms with van der Waals surface area (Å²) in [5, 5.41) is 13.3. The number of rotatable bonds is 1. The quantitative estimate of drug-likeness (QED) is 0.778. The third-order valence-electron chi connectivity index (χ3n) is 5.70. The molecule has 4 saturated carbocycles. The highest BCUT2D eigenvalue weighted by atomic mass is 35.5. The average molecular weight is 290 g/mol. The molecule has 4 bridgehead atoms. The molecule has 0 aromatic heterocycles. The maximum Gasteiger partial charge on any atom is 0.309 e. The Bertz CT molecular complexity index is 365. The first kappa shape index (κ1) is 13.1. The average Bonchev–Trinajstić information content (AvgIpc) is 2.75. The van der Waals surface area contributed by atoms with Gasteiger partial charge in [0.1, 0.15) is 0 Å². The lowest BCUT2D eigenvalue weighted by Crippen LogP contribution is -2.65. The first-order valence-electron chi connectivity index (χ1n) is 6.77. The fourth-order valence-electron chi connectivity index (χ4n) is 5.27. The smallest absolute Gasteiger partial charge is 0.309 e. The highest BCUT2D eigenvalue weighted by molar-refractivity contribution is 8.00. The molecule has 0 aromatic rings. The number of carboxylic acid groups (broad SMARTS) is 1. The Morgan fingerprint density at radius 3 is 2.39 bits per heavy atom. The molecule has 2 unspecified atom stereocenters. The normalized spacial score (nSPS) is 52.6. The van der Waals surface area contributed by atoms with Crippen LogP contribution in [0, 0.1) is 23.2 Å². The van der Waals surface area contributed by atoms with Gasteiger partial charge in [-0.05, 0) is 49.9 Å². The molecule has 5 rings (SSSR count). The van der Waals surface area contributed by atoms with Gasteiger partial charge in [0.25, 0.3) is 0 Å². The van der Waals surface area contributed by atoms with Crippen molar-refractivity contribution in [3.05, 3.63) is 0 Å². The van der Waals surface area contributed by atoms with Crippen molar-refractivity contribution in [3.8, 4) is 0 Å². The standard InChI is InChI=1S/C13H19NO2S.ClH/c15-11(16)12-5-8-3-9(6-12)13(10(4-8)7-12)14-1-2-17-13;/h8-10,14H,1-7H2,(H,15,16);1H. The molecule has 2 atom stereocenters. The van der Waals surface area contributed by atoms with Crippen LogP contribution in [-0.4, -0.2) is 28.2 Å². The first-order valence-corrected chi connectivity index (χ1v) is 7.76. The van der Waals surface area contributed by atoms with E-state index < -0.39 is 5.97 Å². The second kappa shape index (κ2) is 4.03. The number of hydrogen-bond donors (Lipinski definition) is 2. The Hall–Kier alpha value is 0.0700. The molecule has 4 aliphatic carbocycles. The van der Waals surface area contributed by atoms with Gasteiger partial charge in [-0.15, -0.1) is 24.2 Å². The van der Waals surface area contributed by atoms with E-state index in [0.717, 1.165) is 25.8 Å². The van der Waals surface area contributed by atoms with Crippen LogP contribution in [0.5, 0.6) is 0 Å². The number of thioether (sulfide) groups is 1. The third-order valence-corrected chi connectivity index (χ3v) is 7.40. The van der Waals surface area contributed by atoms with Gasteiger partial charge < -0.3 is 10.4 Å². The molecular weight excluding hydrogens is 270 g/mol. The van der Waals surface area contributed by atoms with Crippen LogP contribution in [0.1, 0.15) is 32.1 Å². The fourth-order valence-corrected chi connectivity index (χ4v) is 6.85. The van der Waals surface area contributed by atoms with Gasteiger partial charge in [0.05, 0.1) is 10.3 Å². The van der Waals surface area contributed by atoms with Crippen molar-refractivity contribution in [1.29, 1.82) is 0 Å². The molecule has 102 valence electrons. The largest absolute Gasteiger partial charge is 0.481 e. The number of nitrogens with one attached hydrogen (secondary N) is 1. The molecule has 5 fully saturated rings. The van der Waals surface area contributed by atoms with Crippen LogP contribution < -0.4 is 5.32 Å². The van der Waals surface area contributed by atoms with Crippen LogP contribution in [0.2, 0.25) is 0 Å². The van der Waals surface area contributed by atoms with Crippen LogP contribution in [-0.2, 0) is 4.79 Å². The molecule has 2 N–H and O–H groups in total. The Balaban J connectivity index is 0.000001000. The summed E-state index contributed by atoms with van der Waals surface area (Å²) >= 11 is 2.09. The summed E-state index contributed by atoms with van der Waals surface area (Å²) in [5.41, 5.74) is -0.355. The zero-order chi connectivity index (χ0) is 11.7. The second-order valence-corrected chi connectivity index (χ2v) is 7.87. The Morgan fingerprint density at radius 2 is 1.89 bits per heavy atom. The first-order chi connectivity index (χ1) is 8.15. The van der Waals surface area contributed by atoms with Crippen LogP contribution in [0.4, 0.5) is 0 Å². The predicted molar refractivity (Wildman–Crippen MR) is 74.1 cm³/mol. The number of hydrogen-bond acceptors (Lipinski definition) is 3. The third kappa shape index (κ3) is 1.46. The van der Waals surface area contributed by atoms with Crippen LogP contribution in [0.15, 0.2) is 0 Å². The highest BCUT2D eigenvalue weighted by Crippen LogP contribution is 2.66. The molecule has 1 spiro atoms. The van der Waals surface area contributed by atoms with Gasteiger partial charge in [-0.25, -0.2) is 0 Å². The number of aliphatic carboxylic acids is 1. The van der Waals surface area contributed by atoms with Crippen molar-refractivity contribution >= 4 is 30.1 Å². The molecule has 1 heterocycles. The lowest BCUT2D eigenvalue weighted by atomic mass is 9.47. The van der Waals surface area contributed by atoms with E-state index in [1.165, 1.54) is 18.6 Å². The van der Waals surface area contributed by atoms with Crippen molar-refractivity contribution in [2.45, 2.75) is 37.0 Å². The lowest BCUT2D eigenvalue weighted by molar-refractivity contribution is -0.169. The minimum Gasteiger partial charge on any atom is -0.481 e. The summed E-state index contributed by atoms with van der Waals surface area (Å²) in [4.78, 5) is 11.9. The second-order valence-electron chi connectivity index (χ2n) is 6.50. The predicted octanol–water partition coefficient (Wildman–Crippen LogP) is 2.35. The van der Waals surface area contributed by atoms with Crippen molar-refractivity contribution < 1.29 is 9.90 Å². The molecule has 5 heteroatoms. The zero-order valence-corrected chi connectivity index (χ0v) is 12.0. The number of halogens is 1. The summed E-state index contributed by atoms with van der Waals surface area (Å²) in [6.45, 7) is 1.11. The van der Waals surface area contributed by atoms with E-state index in [4.69, 9.17) is 0 Å². The van der Waals surface area contributed by atoms with Crippen molar-refractivity contribution in [3.63, 3.8) is 0 Å². The molecule has 0 aromatic carbocycles. The van der Waals surface area contributed by atoms with Crippen LogP contribution >= 0.6 is 24.2 Å². The Labute approximate surface area is 118 Å². The molecule has 1 aliphatic heterocycles. The maximum absolute atomic E-state index is 11.6. The van der Waals surface area contributed by atoms with Gasteiger partial charge >= 0.3 is 5.97 Å². The molecule has 0 radical (unpaired) electrons. The maximum atomic E-state index is 11.6. The summed E-state index contributed by atoms with van der Waals surface area (Å²) in [7, 11) is 0. The van der Waals surface area contributed by atoms with E-state index in [0.29, 0.717) is 17.8 Å². The van der Waals surface area contributed by atoms with Crippen LogP contribution in [0.25, 0.3) is 0 Å². The van der Waals surface area contributed by atoms with E-state index in [-0.39, 0.29) is 22.7 Å². The zero-order valence-electron chi connectivity index (χ0n) is 10.4. The van der Waals surface area contributed by atoms with Gasteiger partial charge in [0.2, 0.25) is 0 Å². The minimum atomic E-state index is -0.519. The fraction of sp³-hybridized carbons (Fsp3) is 0.923. The van der Waals surface area contributed by atoms with E-state index >= 15 is 0 Å². The van der Waals surface area contributed by atoms with E-state index in [2.05, 4.69) is 17.1 Å². The lowest BCUT2D eigenvalue weighted by Gasteiger charge is -2.62. The molecule has 0 amide bonds. The molecule has 5 aliphatic rings.